The monoisotopic (exact) mass is 350 g/mol. The highest BCUT2D eigenvalue weighted by atomic mass is 16.5. The Hall–Kier alpha value is -2.51. The molecule has 2 atom stereocenters. The maximum absolute atomic E-state index is 6.03. The molecule has 0 saturated carbocycles. The Balaban J connectivity index is 1.41. The molecule has 0 spiro atoms. The minimum absolute atomic E-state index is 0.239. The van der Waals surface area contributed by atoms with Gasteiger partial charge in [-0.1, -0.05) is 22.9 Å². The largest absolute Gasteiger partial charge is 0.370 e. The van der Waals surface area contributed by atoms with Crippen molar-refractivity contribution in [3.63, 3.8) is 0 Å². The lowest BCUT2D eigenvalue weighted by Crippen LogP contribution is -2.47. The molecule has 7 nitrogen and oxygen atoms in total. The molecule has 5 rings (SSSR count). The zero-order valence-electron chi connectivity index (χ0n) is 14.8. The third-order valence-electron chi connectivity index (χ3n) is 5.39. The van der Waals surface area contributed by atoms with Crippen LogP contribution in [0.1, 0.15) is 29.3 Å². The van der Waals surface area contributed by atoms with Crippen LogP contribution in [0.3, 0.4) is 0 Å². The highest BCUT2D eigenvalue weighted by molar-refractivity contribution is 5.42. The van der Waals surface area contributed by atoms with E-state index in [1.54, 1.807) is 0 Å². The van der Waals surface area contributed by atoms with E-state index in [4.69, 9.17) is 4.74 Å². The molecule has 2 aromatic heterocycles. The minimum Gasteiger partial charge on any atom is -0.370 e. The van der Waals surface area contributed by atoms with Gasteiger partial charge in [-0.2, -0.15) is 5.10 Å². The number of nitrogens with zero attached hydrogens (tertiary/aromatic N) is 6. The van der Waals surface area contributed by atoms with Crippen LogP contribution in [0.15, 0.2) is 42.9 Å². The van der Waals surface area contributed by atoms with Gasteiger partial charge < -0.3 is 4.74 Å². The molecule has 1 aromatic carbocycles. The number of aromatic nitrogens is 5. The minimum atomic E-state index is 0.239. The van der Waals surface area contributed by atoms with Crippen LogP contribution in [-0.2, 0) is 17.9 Å². The van der Waals surface area contributed by atoms with Gasteiger partial charge in [-0.3, -0.25) is 4.90 Å². The molecule has 0 amide bonds. The van der Waals surface area contributed by atoms with Crippen molar-refractivity contribution in [1.82, 2.24) is 29.7 Å². The second-order valence-electron chi connectivity index (χ2n) is 7.19. The van der Waals surface area contributed by atoms with E-state index in [0.717, 1.165) is 37.4 Å². The lowest BCUT2D eigenvalue weighted by atomic mass is 9.99. The van der Waals surface area contributed by atoms with Crippen molar-refractivity contribution in [2.24, 2.45) is 0 Å². The molecule has 2 unspecified atom stereocenters. The second kappa shape index (κ2) is 6.34. The molecule has 0 N–H and O–H groups in total. The van der Waals surface area contributed by atoms with Crippen LogP contribution < -0.4 is 0 Å². The lowest BCUT2D eigenvalue weighted by molar-refractivity contribution is -0.0669. The summed E-state index contributed by atoms with van der Waals surface area (Å²) in [7, 11) is 0. The Morgan fingerprint density at radius 1 is 1.31 bits per heavy atom. The summed E-state index contributed by atoms with van der Waals surface area (Å²) in [4.78, 5) is 2.49. The molecule has 134 valence electrons. The van der Waals surface area contributed by atoms with Gasteiger partial charge in [-0.05, 0) is 31.0 Å². The van der Waals surface area contributed by atoms with Crippen LogP contribution in [0.2, 0.25) is 0 Å². The Labute approximate surface area is 152 Å². The van der Waals surface area contributed by atoms with Gasteiger partial charge in [0.05, 0.1) is 36.3 Å². The number of fused-ring (bicyclic) bond motifs is 3. The van der Waals surface area contributed by atoms with Crippen molar-refractivity contribution in [3.05, 3.63) is 59.7 Å². The van der Waals surface area contributed by atoms with Crippen molar-refractivity contribution in [3.8, 4) is 5.69 Å². The number of aryl methyl sites for hydroxylation is 1. The van der Waals surface area contributed by atoms with E-state index in [1.165, 1.54) is 11.1 Å². The number of piperidine rings is 1. The molecular weight excluding hydrogens is 328 g/mol. The maximum atomic E-state index is 6.03. The maximum Gasteiger partial charge on any atom is 0.0930 e. The van der Waals surface area contributed by atoms with Crippen LogP contribution >= 0.6 is 0 Å². The average molecular weight is 350 g/mol. The molecule has 0 aliphatic carbocycles. The summed E-state index contributed by atoms with van der Waals surface area (Å²) in [6.45, 7) is 5.60. The summed E-state index contributed by atoms with van der Waals surface area (Å²) in [5.74, 6) is 0. The summed E-state index contributed by atoms with van der Waals surface area (Å²) in [6, 6.07) is 8.77. The summed E-state index contributed by atoms with van der Waals surface area (Å²) >= 11 is 0. The number of hydrogen-bond acceptors (Lipinski definition) is 5. The summed E-state index contributed by atoms with van der Waals surface area (Å²) in [6.07, 6.45) is 6.89. The number of benzene rings is 1. The Morgan fingerprint density at radius 3 is 3.15 bits per heavy atom. The highest BCUT2D eigenvalue weighted by Gasteiger charge is 2.36. The normalized spacial score (nSPS) is 22.8. The van der Waals surface area contributed by atoms with Crippen LogP contribution in [0.5, 0.6) is 0 Å². The smallest absolute Gasteiger partial charge is 0.0930 e. The van der Waals surface area contributed by atoms with Gasteiger partial charge in [0.15, 0.2) is 0 Å². The van der Waals surface area contributed by atoms with Crippen molar-refractivity contribution in [2.75, 3.05) is 13.1 Å². The fourth-order valence-electron chi connectivity index (χ4n) is 4.10. The Morgan fingerprint density at radius 2 is 2.27 bits per heavy atom. The fourth-order valence-corrected chi connectivity index (χ4v) is 4.10. The molecule has 26 heavy (non-hydrogen) atoms. The third-order valence-corrected chi connectivity index (χ3v) is 5.39. The van der Waals surface area contributed by atoms with Crippen molar-refractivity contribution in [2.45, 2.75) is 38.6 Å². The van der Waals surface area contributed by atoms with E-state index >= 15 is 0 Å². The van der Waals surface area contributed by atoms with E-state index in [0.29, 0.717) is 6.61 Å². The van der Waals surface area contributed by atoms with E-state index in [2.05, 4.69) is 50.1 Å². The van der Waals surface area contributed by atoms with E-state index < -0.39 is 0 Å². The average Bonchev–Trinajstić information content (AvgIpc) is 3.33. The van der Waals surface area contributed by atoms with E-state index in [1.807, 2.05) is 29.3 Å². The first-order valence-corrected chi connectivity index (χ1v) is 9.10. The van der Waals surface area contributed by atoms with Gasteiger partial charge in [0.2, 0.25) is 0 Å². The summed E-state index contributed by atoms with van der Waals surface area (Å²) < 4.78 is 10.0. The second-order valence-corrected chi connectivity index (χ2v) is 7.19. The lowest BCUT2D eigenvalue weighted by Gasteiger charge is -2.41. The molecule has 7 heteroatoms. The van der Waals surface area contributed by atoms with E-state index in [9.17, 15) is 0 Å². The predicted octanol–water partition coefficient (Wildman–Crippen LogP) is 2.12. The molecule has 2 aliphatic heterocycles. The Bertz CT molecular complexity index is 903. The molecule has 3 aromatic rings. The summed E-state index contributed by atoms with van der Waals surface area (Å²) in [5.41, 5.74) is 4.78. The highest BCUT2D eigenvalue weighted by Crippen LogP contribution is 2.31. The zero-order chi connectivity index (χ0) is 17.5. The Kier molecular flexibility index (Phi) is 3.83. The van der Waals surface area contributed by atoms with Crippen LogP contribution in [0.25, 0.3) is 5.69 Å². The fraction of sp³-hybridized carbons (Fsp3) is 0.421. The van der Waals surface area contributed by atoms with Gasteiger partial charge in [-0.25, -0.2) is 9.36 Å². The molecular formula is C19H22N6O. The van der Waals surface area contributed by atoms with Gasteiger partial charge in [0.25, 0.3) is 0 Å². The summed E-state index contributed by atoms with van der Waals surface area (Å²) in [5, 5.41) is 12.8. The van der Waals surface area contributed by atoms with Crippen LogP contribution in [0.4, 0.5) is 0 Å². The zero-order valence-corrected chi connectivity index (χ0v) is 14.8. The molecule has 2 aliphatic rings. The first-order valence-electron chi connectivity index (χ1n) is 9.10. The van der Waals surface area contributed by atoms with Crippen molar-refractivity contribution >= 4 is 0 Å². The van der Waals surface area contributed by atoms with Crippen molar-refractivity contribution in [1.29, 1.82) is 0 Å². The quantitative estimate of drug-likeness (QED) is 0.724. The topological polar surface area (TPSA) is 61.0 Å². The first kappa shape index (κ1) is 15.7. The van der Waals surface area contributed by atoms with Crippen LogP contribution in [0, 0.1) is 6.92 Å². The number of ether oxygens (including phenoxy) is 1. The first-order chi connectivity index (χ1) is 12.8. The van der Waals surface area contributed by atoms with Gasteiger partial charge in [0.1, 0.15) is 0 Å². The van der Waals surface area contributed by atoms with Crippen LogP contribution in [-0.4, -0.2) is 48.9 Å². The molecule has 0 bridgehead atoms. The standard InChI is InChI=1S/C19H22N6O/c1-14-3-4-17(24-7-2-6-21-24)15(9-14)11-23-8-5-19-18(12-23)25-16(13-26-19)10-20-22-25/h2-4,6-7,9-10,18-19H,5,8,11-13H2,1H3. The number of rotatable bonds is 3. The van der Waals surface area contributed by atoms with Gasteiger partial charge in [0, 0.05) is 32.0 Å². The molecule has 0 radical (unpaired) electrons. The third kappa shape index (κ3) is 2.73. The van der Waals surface area contributed by atoms with Gasteiger partial charge >= 0.3 is 0 Å². The van der Waals surface area contributed by atoms with E-state index in [-0.39, 0.29) is 12.1 Å². The SMILES string of the molecule is Cc1ccc(-n2cccn2)c(CN2CCC3OCc4cnnn4C3C2)c1. The molecule has 1 saturated heterocycles. The van der Waals surface area contributed by atoms with Gasteiger partial charge in [-0.15, -0.1) is 5.10 Å². The van der Waals surface area contributed by atoms with Crippen molar-refractivity contribution < 1.29 is 4.74 Å². The molecule has 1 fully saturated rings. The molecule has 4 heterocycles. The predicted molar refractivity (Wildman–Crippen MR) is 95.8 cm³/mol. The number of likely N-dealkylation sites (tertiary alicyclic amines) is 1. The number of hydrogen-bond donors (Lipinski definition) is 0.